The third-order valence-corrected chi connectivity index (χ3v) is 3.63. The molecule has 19 heavy (non-hydrogen) atoms. The topological polar surface area (TPSA) is 37.8 Å². The van der Waals surface area contributed by atoms with Crippen molar-refractivity contribution in [2.75, 3.05) is 5.32 Å². The molecule has 0 aliphatic rings. The number of benzene rings is 1. The first kappa shape index (κ1) is 13.8. The second-order valence-corrected chi connectivity index (χ2v) is 5.11. The van der Waals surface area contributed by atoms with Gasteiger partial charge in [0.05, 0.1) is 0 Å². The minimum atomic E-state index is 0.440. The first-order valence-electron chi connectivity index (χ1n) is 6.46. The summed E-state index contributed by atoms with van der Waals surface area (Å²) in [5, 5.41) is 3.97. The quantitative estimate of drug-likeness (QED) is 0.879. The molecule has 1 aromatic carbocycles. The Labute approximate surface area is 119 Å². The van der Waals surface area contributed by atoms with Crippen LogP contribution in [0.25, 0.3) is 0 Å². The molecule has 1 unspecified atom stereocenters. The van der Waals surface area contributed by atoms with Crippen LogP contribution in [0.1, 0.15) is 37.4 Å². The molecule has 0 amide bonds. The molecule has 0 saturated carbocycles. The second kappa shape index (κ2) is 6.02. The van der Waals surface area contributed by atoms with Crippen LogP contribution in [0.5, 0.6) is 0 Å². The van der Waals surface area contributed by atoms with E-state index in [1.165, 1.54) is 0 Å². The SMILES string of the molecule is CCC(C)c1ccnc(Nc2ccc(Cl)c(C)c2)n1. The van der Waals surface area contributed by atoms with E-state index in [1.807, 2.05) is 31.2 Å². The highest BCUT2D eigenvalue weighted by atomic mass is 35.5. The van der Waals surface area contributed by atoms with Crippen LogP contribution in [0.4, 0.5) is 11.6 Å². The van der Waals surface area contributed by atoms with Crippen LogP contribution in [-0.2, 0) is 0 Å². The van der Waals surface area contributed by atoms with Gasteiger partial charge in [0.25, 0.3) is 0 Å². The summed E-state index contributed by atoms with van der Waals surface area (Å²) in [5.74, 6) is 1.06. The zero-order valence-corrected chi connectivity index (χ0v) is 12.2. The van der Waals surface area contributed by atoms with Gasteiger partial charge >= 0.3 is 0 Å². The molecule has 0 fully saturated rings. The van der Waals surface area contributed by atoms with Crippen molar-refractivity contribution in [2.24, 2.45) is 0 Å². The average molecular weight is 276 g/mol. The number of aryl methyl sites for hydroxylation is 1. The second-order valence-electron chi connectivity index (χ2n) is 4.70. The summed E-state index contributed by atoms with van der Waals surface area (Å²) in [4.78, 5) is 8.78. The highest BCUT2D eigenvalue weighted by Gasteiger charge is 2.06. The van der Waals surface area contributed by atoms with E-state index in [1.54, 1.807) is 6.20 Å². The highest BCUT2D eigenvalue weighted by Crippen LogP contribution is 2.22. The Hall–Kier alpha value is -1.61. The Balaban J connectivity index is 2.20. The fourth-order valence-electron chi connectivity index (χ4n) is 1.77. The van der Waals surface area contributed by atoms with Crippen LogP contribution >= 0.6 is 11.6 Å². The zero-order valence-electron chi connectivity index (χ0n) is 11.4. The van der Waals surface area contributed by atoms with Crippen molar-refractivity contribution in [3.8, 4) is 0 Å². The van der Waals surface area contributed by atoms with Crippen molar-refractivity contribution < 1.29 is 0 Å². The Morgan fingerprint density at radius 3 is 2.79 bits per heavy atom. The van der Waals surface area contributed by atoms with Crippen LogP contribution < -0.4 is 5.32 Å². The van der Waals surface area contributed by atoms with Crippen LogP contribution in [0.15, 0.2) is 30.5 Å². The van der Waals surface area contributed by atoms with E-state index in [4.69, 9.17) is 11.6 Å². The molecule has 2 rings (SSSR count). The Morgan fingerprint density at radius 1 is 1.32 bits per heavy atom. The summed E-state index contributed by atoms with van der Waals surface area (Å²) < 4.78 is 0. The van der Waals surface area contributed by atoms with E-state index >= 15 is 0 Å². The summed E-state index contributed by atoms with van der Waals surface area (Å²) in [5.41, 5.74) is 3.04. The van der Waals surface area contributed by atoms with Crippen LogP contribution in [-0.4, -0.2) is 9.97 Å². The lowest BCUT2D eigenvalue weighted by molar-refractivity contribution is 0.706. The van der Waals surface area contributed by atoms with Crippen molar-refractivity contribution in [3.63, 3.8) is 0 Å². The number of anilines is 2. The maximum atomic E-state index is 6.01. The summed E-state index contributed by atoms with van der Waals surface area (Å²) >= 11 is 6.01. The molecule has 1 heterocycles. The number of aromatic nitrogens is 2. The van der Waals surface area contributed by atoms with Crippen molar-refractivity contribution in [1.29, 1.82) is 0 Å². The van der Waals surface area contributed by atoms with E-state index in [2.05, 4.69) is 29.1 Å². The van der Waals surface area contributed by atoms with Gasteiger partial charge in [0.15, 0.2) is 0 Å². The molecule has 3 nitrogen and oxygen atoms in total. The maximum absolute atomic E-state index is 6.01. The molecule has 0 spiro atoms. The van der Waals surface area contributed by atoms with Gasteiger partial charge in [-0.25, -0.2) is 9.97 Å². The Morgan fingerprint density at radius 2 is 2.11 bits per heavy atom. The standard InChI is InChI=1S/C15H18ClN3/c1-4-10(2)14-7-8-17-15(19-14)18-12-5-6-13(16)11(3)9-12/h5-10H,4H2,1-3H3,(H,17,18,19). The predicted octanol–water partition coefficient (Wildman–Crippen LogP) is 4.70. The summed E-state index contributed by atoms with van der Waals surface area (Å²) in [6.45, 7) is 6.30. The third kappa shape index (κ3) is 3.44. The first-order valence-corrected chi connectivity index (χ1v) is 6.84. The van der Waals surface area contributed by atoms with Gasteiger partial charge in [0.1, 0.15) is 0 Å². The van der Waals surface area contributed by atoms with Crippen molar-refractivity contribution in [1.82, 2.24) is 9.97 Å². The minimum Gasteiger partial charge on any atom is -0.324 e. The van der Waals surface area contributed by atoms with Crippen molar-refractivity contribution in [3.05, 3.63) is 46.7 Å². The fraction of sp³-hybridized carbons (Fsp3) is 0.333. The predicted molar refractivity (Wildman–Crippen MR) is 80.2 cm³/mol. The molecule has 4 heteroatoms. The Kier molecular flexibility index (Phi) is 4.38. The zero-order chi connectivity index (χ0) is 13.8. The van der Waals surface area contributed by atoms with E-state index in [0.717, 1.165) is 28.4 Å². The van der Waals surface area contributed by atoms with Crippen molar-refractivity contribution >= 4 is 23.2 Å². The molecule has 0 aliphatic carbocycles. The lowest BCUT2D eigenvalue weighted by Crippen LogP contribution is -2.02. The molecule has 1 N–H and O–H groups in total. The molecule has 2 aromatic rings. The van der Waals surface area contributed by atoms with E-state index in [9.17, 15) is 0 Å². The number of halogens is 1. The fourth-order valence-corrected chi connectivity index (χ4v) is 1.89. The number of hydrogen-bond acceptors (Lipinski definition) is 3. The Bertz CT molecular complexity index is 569. The van der Waals surface area contributed by atoms with E-state index in [0.29, 0.717) is 11.9 Å². The van der Waals surface area contributed by atoms with Gasteiger partial charge < -0.3 is 5.32 Å². The number of nitrogens with zero attached hydrogens (tertiary/aromatic N) is 2. The van der Waals surface area contributed by atoms with Crippen LogP contribution in [0, 0.1) is 6.92 Å². The molecular weight excluding hydrogens is 258 g/mol. The van der Waals surface area contributed by atoms with E-state index in [-0.39, 0.29) is 0 Å². The van der Waals surface area contributed by atoms with Crippen LogP contribution in [0.3, 0.4) is 0 Å². The van der Waals surface area contributed by atoms with Gasteiger partial charge in [-0.3, -0.25) is 0 Å². The number of hydrogen-bond donors (Lipinski definition) is 1. The molecule has 0 aliphatic heterocycles. The summed E-state index contributed by atoms with van der Waals surface area (Å²) in [6, 6.07) is 7.75. The molecule has 1 atom stereocenters. The van der Waals surface area contributed by atoms with E-state index < -0.39 is 0 Å². The highest BCUT2D eigenvalue weighted by molar-refractivity contribution is 6.31. The lowest BCUT2D eigenvalue weighted by atomic mass is 10.1. The minimum absolute atomic E-state index is 0.440. The lowest BCUT2D eigenvalue weighted by Gasteiger charge is -2.10. The average Bonchev–Trinajstić information content (AvgIpc) is 2.42. The molecule has 0 bridgehead atoms. The first-order chi connectivity index (χ1) is 9.10. The molecule has 0 saturated heterocycles. The summed E-state index contributed by atoms with van der Waals surface area (Å²) in [7, 11) is 0. The number of rotatable bonds is 4. The normalized spacial score (nSPS) is 12.2. The van der Waals surface area contributed by atoms with Crippen LogP contribution in [0.2, 0.25) is 5.02 Å². The third-order valence-electron chi connectivity index (χ3n) is 3.21. The van der Waals surface area contributed by atoms with Gasteiger partial charge in [0, 0.05) is 22.6 Å². The van der Waals surface area contributed by atoms with Gasteiger partial charge in [-0.2, -0.15) is 0 Å². The molecule has 0 radical (unpaired) electrons. The van der Waals surface area contributed by atoms with Gasteiger partial charge in [-0.1, -0.05) is 25.4 Å². The molecule has 100 valence electrons. The largest absolute Gasteiger partial charge is 0.324 e. The smallest absolute Gasteiger partial charge is 0.227 e. The van der Waals surface area contributed by atoms with Crippen molar-refractivity contribution in [2.45, 2.75) is 33.1 Å². The van der Waals surface area contributed by atoms with Gasteiger partial charge in [-0.05, 0) is 49.1 Å². The number of nitrogens with one attached hydrogen (secondary N) is 1. The van der Waals surface area contributed by atoms with Gasteiger partial charge in [0.2, 0.25) is 5.95 Å². The maximum Gasteiger partial charge on any atom is 0.227 e. The summed E-state index contributed by atoms with van der Waals surface area (Å²) in [6.07, 6.45) is 2.86. The molecule has 1 aromatic heterocycles. The van der Waals surface area contributed by atoms with Gasteiger partial charge in [-0.15, -0.1) is 0 Å². The molecular formula is C15H18ClN3. The monoisotopic (exact) mass is 275 g/mol.